The van der Waals surface area contributed by atoms with Crippen molar-refractivity contribution in [2.75, 3.05) is 18.0 Å². The molecule has 1 aliphatic rings. The fourth-order valence-corrected chi connectivity index (χ4v) is 2.59. The van der Waals surface area contributed by atoms with E-state index in [9.17, 15) is 0 Å². The largest absolute Gasteiger partial charge is 0.370 e. The van der Waals surface area contributed by atoms with Crippen molar-refractivity contribution in [3.05, 3.63) is 28.2 Å². The monoisotopic (exact) mass is 278 g/mol. The molecule has 0 spiro atoms. The highest BCUT2D eigenvalue weighted by molar-refractivity contribution is 9.10. The summed E-state index contributed by atoms with van der Waals surface area (Å²) in [6.45, 7) is 4.43. The van der Waals surface area contributed by atoms with Gasteiger partial charge in [-0.1, -0.05) is 29.3 Å². The molecule has 0 atom stereocenters. The Morgan fingerprint density at radius 1 is 1.50 bits per heavy atom. The zero-order valence-corrected chi connectivity index (χ0v) is 11.0. The van der Waals surface area contributed by atoms with E-state index in [0.717, 1.165) is 34.7 Å². The van der Waals surface area contributed by atoms with Crippen molar-refractivity contribution in [2.45, 2.75) is 19.8 Å². The standard InChI is InChI=1S/C13H15BrN2/c1-2-3-10-8-16(9-10)13-5-4-12(14)6-11(13)7-15/h4-6,10H,2-3,8-9H2,1H3. The minimum absolute atomic E-state index is 0.768. The minimum atomic E-state index is 0.768. The van der Waals surface area contributed by atoms with Crippen LogP contribution in [-0.2, 0) is 0 Å². The molecule has 1 aromatic carbocycles. The zero-order chi connectivity index (χ0) is 11.5. The van der Waals surface area contributed by atoms with E-state index in [2.05, 4.69) is 33.8 Å². The molecular formula is C13H15BrN2. The molecule has 1 aromatic rings. The summed E-state index contributed by atoms with van der Waals surface area (Å²) < 4.78 is 0.971. The Bertz CT molecular complexity index is 416. The third kappa shape index (κ3) is 2.22. The minimum Gasteiger partial charge on any atom is -0.370 e. The fraction of sp³-hybridized carbons (Fsp3) is 0.462. The molecule has 1 fully saturated rings. The van der Waals surface area contributed by atoms with Gasteiger partial charge < -0.3 is 4.90 Å². The van der Waals surface area contributed by atoms with Crippen molar-refractivity contribution in [1.29, 1.82) is 5.26 Å². The number of hydrogen-bond donors (Lipinski definition) is 0. The lowest BCUT2D eigenvalue weighted by Crippen LogP contribution is -2.46. The Labute approximate surface area is 105 Å². The van der Waals surface area contributed by atoms with Crippen LogP contribution in [0.25, 0.3) is 0 Å². The van der Waals surface area contributed by atoms with Crippen LogP contribution in [0.1, 0.15) is 25.3 Å². The summed E-state index contributed by atoms with van der Waals surface area (Å²) in [6, 6.07) is 8.19. The van der Waals surface area contributed by atoms with Gasteiger partial charge in [0.25, 0.3) is 0 Å². The van der Waals surface area contributed by atoms with Crippen molar-refractivity contribution in [3.8, 4) is 6.07 Å². The molecule has 0 saturated carbocycles. The molecule has 3 heteroatoms. The van der Waals surface area contributed by atoms with E-state index in [-0.39, 0.29) is 0 Å². The van der Waals surface area contributed by atoms with Gasteiger partial charge in [0, 0.05) is 17.6 Å². The normalized spacial score (nSPS) is 15.7. The third-order valence-corrected chi connectivity index (χ3v) is 3.57. The average Bonchev–Trinajstić information content (AvgIpc) is 2.23. The van der Waals surface area contributed by atoms with Crippen molar-refractivity contribution in [3.63, 3.8) is 0 Å². The lowest BCUT2D eigenvalue weighted by atomic mass is 9.93. The number of nitrogens with zero attached hydrogens (tertiary/aromatic N) is 2. The quantitative estimate of drug-likeness (QED) is 0.846. The summed E-state index contributed by atoms with van der Waals surface area (Å²) in [5.41, 5.74) is 1.85. The molecule has 1 heterocycles. The van der Waals surface area contributed by atoms with E-state index in [0.29, 0.717) is 0 Å². The van der Waals surface area contributed by atoms with E-state index < -0.39 is 0 Å². The smallest absolute Gasteiger partial charge is 0.101 e. The molecule has 0 bridgehead atoms. The van der Waals surface area contributed by atoms with E-state index in [1.165, 1.54) is 12.8 Å². The average molecular weight is 279 g/mol. The van der Waals surface area contributed by atoms with Gasteiger partial charge in [-0.25, -0.2) is 0 Å². The lowest BCUT2D eigenvalue weighted by Gasteiger charge is -2.41. The van der Waals surface area contributed by atoms with Crippen LogP contribution in [0.3, 0.4) is 0 Å². The summed E-state index contributed by atoms with van der Waals surface area (Å²) >= 11 is 3.39. The van der Waals surface area contributed by atoms with Gasteiger partial charge in [-0.2, -0.15) is 5.26 Å². The molecule has 1 saturated heterocycles. The lowest BCUT2D eigenvalue weighted by molar-refractivity contribution is 0.380. The second kappa shape index (κ2) is 4.88. The highest BCUT2D eigenvalue weighted by atomic mass is 79.9. The van der Waals surface area contributed by atoms with Crippen molar-refractivity contribution < 1.29 is 0 Å². The Balaban J connectivity index is 2.09. The molecule has 0 aliphatic carbocycles. The molecule has 0 unspecified atom stereocenters. The number of hydrogen-bond acceptors (Lipinski definition) is 2. The Hall–Kier alpha value is -1.01. The van der Waals surface area contributed by atoms with Crippen LogP contribution in [0.15, 0.2) is 22.7 Å². The van der Waals surface area contributed by atoms with Gasteiger partial charge in [0.15, 0.2) is 0 Å². The number of anilines is 1. The molecule has 0 aromatic heterocycles. The predicted molar refractivity (Wildman–Crippen MR) is 69.5 cm³/mol. The van der Waals surface area contributed by atoms with Crippen molar-refractivity contribution in [2.24, 2.45) is 5.92 Å². The number of nitriles is 1. The van der Waals surface area contributed by atoms with Gasteiger partial charge in [-0.05, 0) is 30.5 Å². The highest BCUT2D eigenvalue weighted by Crippen LogP contribution is 2.31. The first-order valence-electron chi connectivity index (χ1n) is 5.69. The molecule has 16 heavy (non-hydrogen) atoms. The van der Waals surface area contributed by atoms with E-state index in [1.54, 1.807) is 0 Å². The SMILES string of the molecule is CCCC1CN(c2ccc(Br)cc2C#N)C1. The summed E-state index contributed by atoms with van der Waals surface area (Å²) in [5.74, 6) is 0.820. The Kier molecular flexibility index (Phi) is 3.50. The van der Waals surface area contributed by atoms with E-state index in [4.69, 9.17) is 5.26 Å². The second-order valence-electron chi connectivity index (χ2n) is 4.33. The molecule has 2 rings (SSSR count). The van der Waals surface area contributed by atoms with Gasteiger partial charge in [0.05, 0.1) is 11.3 Å². The summed E-state index contributed by atoms with van der Waals surface area (Å²) in [4.78, 5) is 2.30. The molecule has 2 nitrogen and oxygen atoms in total. The first-order valence-corrected chi connectivity index (χ1v) is 6.48. The molecule has 0 N–H and O–H groups in total. The van der Waals surface area contributed by atoms with E-state index in [1.807, 2.05) is 18.2 Å². The van der Waals surface area contributed by atoms with Gasteiger partial charge >= 0.3 is 0 Å². The van der Waals surface area contributed by atoms with Gasteiger partial charge in [0.1, 0.15) is 6.07 Å². The maximum absolute atomic E-state index is 9.08. The van der Waals surface area contributed by atoms with Crippen LogP contribution in [0.4, 0.5) is 5.69 Å². The summed E-state index contributed by atoms with van der Waals surface area (Å²) in [7, 11) is 0. The first kappa shape index (κ1) is 11.5. The maximum Gasteiger partial charge on any atom is 0.101 e. The zero-order valence-electron chi connectivity index (χ0n) is 9.41. The van der Waals surface area contributed by atoms with Crippen LogP contribution in [-0.4, -0.2) is 13.1 Å². The van der Waals surface area contributed by atoms with Crippen LogP contribution >= 0.6 is 15.9 Å². The molecule has 0 radical (unpaired) electrons. The van der Waals surface area contributed by atoms with Crippen LogP contribution in [0.2, 0.25) is 0 Å². The Morgan fingerprint density at radius 3 is 2.88 bits per heavy atom. The second-order valence-corrected chi connectivity index (χ2v) is 5.25. The third-order valence-electron chi connectivity index (χ3n) is 3.07. The molecule has 84 valence electrons. The highest BCUT2D eigenvalue weighted by Gasteiger charge is 2.27. The van der Waals surface area contributed by atoms with E-state index >= 15 is 0 Å². The fourth-order valence-electron chi connectivity index (χ4n) is 2.23. The van der Waals surface area contributed by atoms with Crippen LogP contribution < -0.4 is 4.90 Å². The van der Waals surface area contributed by atoms with Gasteiger partial charge in [-0.3, -0.25) is 0 Å². The summed E-state index contributed by atoms with van der Waals surface area (Å²) in [6.07, 6.45) is 2.55. The number of benzene rings is 1. The van der Waals surface area contributed by atoms with Crippen molar-refractivity contribution >= 4 is 21.6 Å². The molecular weight excluding hydrogens is 264 g/mol. The molecule has 0 amide bonds. The first-order chi connectivity index (χ1) is 7.74. The van der Waals surface area contributed by atoms with Crippen molar-refractivity contribution in [1.82, 2.24) is 0 Å². The number of halogens is 1. The Morgan fingerprint density at radius 2 is 2.25 bits per heavy atom. The topological polar surface area (TPSA) is 27.0 Å². The van der Waals surface area contributed by atoms with Gasteiger partial charge in [0.2, 0.25) is 0 Å². The van der Waals surface area contributed by atoms with Crippen LogP contribution in [0.5, 0.6) is 0 Å². The number of rotatable bonds is 3. The predicted octanol–water partition coefficient (Wildman–Crippen LogP) is 3.56. The molecule has 1 aliphatic heterocycles. The van der Waals surface area contributed by atoms with Gasteiger partial charge in [-0.15, -0.1) is 0 Å². The van der Waals surface area contributed by atoms with Crippen LogP contribution in [0, 0.1) is 17.2 Å². The summed E-state index contributed by atoms with van der Waals surface area (Å²) in [5, 5.41) is 9.08. The maximum atomic E-state index is 9.08.